The zero-order valence-electron chi connectivity index (χ0n) is 11.1. The molecular formula is C15H17N3O2. The van der Waals surface area contributed by atoms with Gasteiger partial charge in [-0.1, -0.05) is 18.2 Å². The molecule has 1 unspecified atom stereocenters. The first-order valence-electron chi connectivity index (χ1n) is 6.82. The Morgan fingerprint density at radius 3 is 2.85 bits per heavy atom. The number of rotatable bonds is 4. The standard InChI is InChI=1S/C15H17N3O2/c16-8-13(9-5-6-9)18-15(20)11-7-10-3-1-2-4-12(10)17-14(11)19/h1-4,7,9,13H,5-6,8,16H2,(H,17,19)(H,18,20). The Labute approximate surface area is 116 Å². The lowest BCUT2D eigenvalue weighted by atomic mass is 10.1. The molecule has 104 valence electrons. The maximum absolute atomic E-state index is 12.2. The van der Waals surface area contributed by atoms with Crippen LogP contribution in [0.15, 0.2) is 35.1 Å². The number of hydrogen-bond acceptors (Lipinski definition) is 3. The molecule has 1 atom stereocenters. The van der Waals surface area contributed by atoms with E-state index in [2.05, 4.69) is 10.3 Å². The third-order valence-corrected chi connectivity index (χ3v) is 3.76. The van der Waals surface area contributed by atoms with Crippen LogP contribution in [0, 0.1) is 5.92 Å². The third kappa shape index (κ3) is 2.44. The minimum absolute atomic E-state index is 0.0339. The zero-order chi connectivity index (χ0) is 14.1. The van der Waals surface area contributed by atoms with Crippen molar-refractivity contribution in [2.24, 2.45) is 11.7 Å². The van der Waals surface area contributed by atoms with E-state index >= 15 is 0 Å². The monoisotopic (exact) mass is 271 g/mol. The number of carbonyl (C=O) groups excluding carboxylic acids is 1. The third-order valence-electron chi connectivity index (χ3n) is 3.76. The van der Waals surface area contributed by atoms with Gasteiger partial charge in [-0.15, -0.1) is 0 Å². The van der Waals surface area contributed by atoms with Gasteiger partial charge in [0.05, 0.1) is 0 Å². The Morgan fingerprint density at radius 1 is 1.40 bits per heavy atom. The largest absolute Gasteiger partial charge is 0.348 e. The minimum atomic E-state index is -0.368. The normalized spacial score (nSPS) is 16.1. The second kappa shape index (κ2) is 5.09. The lowest BCUT2D eigenvalue weighted by Gasteiger charge is -2.15. The first-order chi connectivity index (χ1) is 9.69. The molecule has 4 N–H and O–H groups in total. The Morgan fingerprint density at radius 2 is 2.15 bits per heavy atom. The molecule has 5 nitrogen and oxygen atoms in total. The summed E-state index contributed by atoms with van der Waals surface area (Å²) in [5.74, 6) is 0.114. The summed E-state index contributed by atoms with van der Waals surface area (Å²) in [4.78, 5) is 26.9. The number of nitrogens with two attached hydrogens (primary N) is 1. The van der Waals surface area contributed by atoms with Gasteiger partial charge in [0.2, 0.25) is 0 Å². The Kier molecular flexibility index (Phi) is 3.28. The van der Waals surface area contributed by atoms with Crippen molar-refractivity contribution < 1.29 is 4.79 Å². The zero-order valence-corrected chi connectivity index (χ0v) is 11.1. The molecule has 2 aromatic rings. The van der Waals surface area contributed by atoms with E-state index < -0.39 is 0 Å². The SMILES string of the molecule is NCC(NC(=O)c1cc2ccccc2[nH]c1=O)C1CC1. The van der Waals surface area contributed by atoms with Crippen molar-refractivity contribution in [2.45, 2.75) is 18.9 Å². The van der Waals surface area contributed by atoms with Gasteiger partial charge in [0.15, 0.2) is 0 Å². The molecule has 1 aliphatic carbocycles. The first-order valence-corrected chi connectivity index (χ1v) is 6.82. The molecule has 1 fully saturated rings. The number of para-hydroxylation sites is 1. The molecular weight excluding hydrogens is 254 g/mol. The number of H-pyrrole nitrogens is 1. The van der Waals surface area contributed by atoms with Crippen molar-refractivity contribution in [2.75, 3.05) is 6.54 Å². The van der Waals surface area contributed by atoms with Crippen molar-refractivity contribution in [1.29, 1.82) is 0 Å². The van der Waals surface area contributed by atoms with Crippen LogP contribution in [0.3, 0.4) is 0 Å². The van der Waals surface area contributed by atoms with E-state index in [0.717, 1.165) is 23.7 Å². The van der Waals surface area contributed by atoms with Crippen LogP contribution in [0.4, 0.5) is 0 Å². The van der Waals surface area contributed by atoms with E-state index in [0.29, 0.717) is 12.5 Å². The smallest absolute Gasteiger partial charge is 0.261 e. The number of aromatic nitrogens is 1. The molecule has 1 saturated carbocycles. The second-order valence-electron chi connectivity index (χ2n) is 5.25. The molecule has 3 rings (SSSR count). The van der Waals surface area contributed by atoms with E-state index in [4.69, 9.17) is 5.73 Å². The van der Waals surface area contributed by atoms with E-state index in [1.54, 1.807) is 6.07 Å². The van der Waals surface area contributed by atoms with Crippen molar-refractivity contribution in [3.05, 3.63) is 46.2 Å². The summed E-state index contributed by atoms with van der Waals surface area (Å²) in [5, 5.41) is 3.71. The van der Waals surface area contributed by atoms with Crippen molar-refractivity contribution in [3.63, 3.8) is 0 Å². The first kappa shape index (κ1) is 12.9. The Balaban J connectivity index is 1.90. The minimum Gasteiger partial charge on any atom is -0.348 e. The maximum atomic E-state index is 12.2. The van der Waals surface area contributed by atoms with Gasteiger partial charge < -0.3 is 16.0 Å². The molecule has 0 bridgehead atoms. The number of nitrogens with one attached hydrogen (secondary N) is 2. The molecule has 1 heterocycles. The van der Waals surface area contributed by atoms with Crippen LogP contribution in [0.25, 0.3) is 10.9 Å². The highest BCUT2D eigenvalue weighted by Crippen LogP contribution is 2.32. The molecule has 0 aliphatic heterocycles. The summed E-state index contributed by atoms with van der Waals surface area (Å²) < 4.78 is 0. The van der Waals surface area contributed by atoms with Gasteiger partial charge in [0.1, 0.15) is 5.56 Å². The fraction of sp³-hybridized carbons (Fsp3) is 0.333. The molecule has 5 heteroatoms. The van der Waals surface area contributed by atoms with Crippen molar-refractivity contribution in [1.82, 2.24) is 10.3 Å². The van der Waals surface area contributed by atoms with Gasteiger partial charge in [-0.3, -0.25) is 9.59 Å². The number of carbonyl (C=O) groups is 1. The number of benzene rings is 1. The molecule has 0 radical (unpaired) electrons. The molecule has 0 spiro atoms. The summed E-state index contributed by atoms with van der Waals surface area (Å²) in [6.07, 6.45) is 2.19. The fourth-order valence-corrected chi connectivity index (χ4v) is 2.43. The van der Waals surface area contributed by atoms with Crippen molar-refractivity contribution in [3.8, 4) is 0 Å². The van der Waals surface area contributed by atoms with E-state index in [1.165, 1.54) is 0 Å². The van der Waals surface area contributed by atoms with Gasteiger partial charge in [-0.05, 0) is 36.3 Å². The highest BCUT2D eigenvalue weighted by Gasteiger charge is 2.31. The van der Waals surface area contributed by atoms with E-state index in [-0.39, 0.29) is 23.1 Å². The number of aromatic amines is 1. The predicted molar refractivity (Wildman–Crippen MR) is 77.6 cm³/mol. The van der Waals surface area contributed by atoms with E-state index in [1.807, 2.05) is 24.3 Å². The van der Waals surface area contributed by atoms with Crippen LogP contribution in [0.1, 0.15) is 23.2 Å². The highest BCUT2D eigenvalue weighted by molar-refractivity contribution is 5.97. The number of hydrogen-bond donors (Lipinski definition) is 3. The van der Waals surface area contributed by atoms with Crippen LogP contribution in [-0.4, -0.2) is 23.5 Å². The van der Waals surface area contributed by atoms with Crippen LogP contribution in [-0.2, 0) is 0 Å². The number of pyridine rings is 1. The summed E-state index contributed by atoms with van der Waals surface area (Å²) in [5.41, 5.74) is 6.17. The molecule has 20 heavy (non-hydrogen) atoms. The topological polar surface area (TPSA) is 88.0 Å². The summed E-state index contributed by atoms with van der Waals surface area (Å²) >= 11 is 0. The molecule has 1 aromatic carbocycles. The number of fused-ring (bicyclic) bond motifs is 1. The lowest BCUT2D eigenvalue weighted by Crippen LogP contribution is -2.43. The van der Waals surface area contributed by atoms with E-state index in [9.17, 15) is 9.59 Å². The van der Waals surface area contributed by atoms with Gasteiger partial charge in [0.25, 0.3) is 11.5 Å². The van der Waals surface area contributed by atoms with Crippen molar-refractivity contribution >= 4 is 16.8 Å². The maximum Gasteiger partial charge on any atom is 0.261 e. The average Bonchev–Trinajstić information content (AvgIpc) is 3.28. The Hall–Kier alpha value is -2.14. The molecule has 1 aliphatic rings. The van der Waals surface area contributed by atoms with Crippen LogP contribution < -0.4 is 16.6 Å². The molecule has 1 aromatic heterocycles. The van der Waals surface area contributed by atoms with Crippen LogP contribution in [0.2, 0.25) is 0 Å². The van der Waals surface area contributed by atoms with Gasteiger partial charge in [0, 0.05) is 18.1 Å². The van der Waals surface area contributed by atoms with Crippen LogP contribution >= 0.6 is 0 Å². The summed E-state index contributed by atoms with van der Waals surface area (Å²) in [7, 11) is 0. The highest BCUT2D eigenvalue weighted by atomic mass is 16.2. The average molecular weight is 271 g/mol. The second-order valence-corrected chi connectivity index (χ2v) is 5.25. The summed E-state index contributed by atoms with van der Waals surface area (Å²) in [6.45, 7) is 0.405. The lowest BCUT2D eigenvalue weighted by molar-refractivity contribution is 0.0932. The molecule has 1 amide bonds. The number of amides is 1. The van der Waals surface area contributed by atoms with Gasteiger partial charge in [-0.25, -0.2) is 0 Å². The summed E-state index contributed by atoms with van der Waals surface area (Å²) in [6, 6.07) is 8.98. The van der Waals surface area contributed by atoms with Crippen LogP contribution in [0.5, 0.6) is 0 Å². The van der Waals surface area contributed by atoms with Gasteiger partial charge in [-0.2, -0.15) is 0 Å². The Bertz CT molecular complexity index is 704. The quantitative estimate of drug-likeness (QED) is 0.775. The fourth-order valence-electron chi connectivity index (χ4n) is 2.43. The van der Waals surface area contributed by atoms with Gasteiger partial charge >= 0.3 is 0 Å². The molecule has 0 saturated heterocycles. The predicted octanol–water partition coefficient (Wildman–Crippen LogP) is 0.995.